The standard InChI is InChI=1S/C17H16O2/c1-14-7-5-6-10-16(14)13-19-17(18)12-11-15-8-3-2-4-9-15/h2-12H,13H2,1H3/b12-11+. The molecule has 2 nitrogen and oxygen atoms in total. The van der Waals surface area contributed by atoms with Crippen LogP contribution in [0.4, 0.5) is 0 Å². The third-order valence-corrected chi connectivity index (χ3v) is 2.84. The van der Waals surface area contributed by atoms with Gasteiger partial charge in [-0.25, -0.2) is 4.79 Å². The summed E-state index contributed by atoms with van der Waals surface area (Å²) in [6, 6.07) is 17.5. The zero-order valence-corrected chi connectivity index (χ0v) is 10.9. The van der Waals surface area contributed by atoms with Gasteiger partial charge in [-0.2, -0.15) is 0 Å². The Kier molecular flexibility index (Phi) is 4.51. The molecule has 2 aromatic rings. The summed E-state index contributed by atoms with van der Waals surface area (Å²) in [5, 5.41) is 0. The van der Waals surface area contributed by atoms with Crippen LogP contribution in [0.2, 0.25) is 0 Å². The summed E-state index contributed by atoms with van der Waals surface area (Å²) in [5.41, 5.74) is 3.14. The highest BCUT2D eigenvalue weighted by molar-refractivity contribution is 5.87. The van der Waals surface area contributed by atoms with Gasteiger partial charge in [0.25, 0.3) is 0 Å². The van der Waals surface area contributed by atoms with E-state index >= 15 is 0 Å². The molecule has 0 saturated heterocycles. The van der Waals surface area contributed by atoms with Gasteiger partial charge in [0.15, 0.2) is 0 Å². The Bertz CT molecular complexity index is 571. The van der Waals surface area contributed by atoms with E-state index in [1.165, 1.54) is 6.08 Å². The first-order valence-electron chi connectivity index (χ1n) is 6.20. The molecule has 0 saturated carbocycles. The lowest BCUT2D eigenvalue weighted by Crippen LogP contribution is -2.01. The molecular formula is C17H16O2. The average Bonchev–Trinajstić information content (AvgIpc) is 2.45. The van der Waals surface area contributed by atoms with Crippen LogP contribution in [-0.2, 0) is 16.1 Å². The SMILES string of the molecule is Cc1ccccc1COC(=O)/C=C/c1ccccc1. The van der Waals surface area contributed by atoms with Crippen LogP contribution in [0.1, 0.15) is 16.7 Å². The van der Waals surface area contributed by atoms with E-state index < -0.39 is 0 Å². The molecule has 0 radical (unpaired) electrons. The fourth-order valence-electron chi connectivity index (χ4n) is 1.70. The van der Waals surface area contributed by atoms with Gasteiger partial charge in [-0.3, -0.25) is 0 Å². The number of benzene rings is 2. The number of carbonyl (C=O) groups is 1. The van der Waals surface area contributed by atoms with Gasteiger partial charge < -0.3 is 4.74 Å². The summed E-state index contributed by atoms with van der Waals surface area (Å²) >= 11 is 0. The highest BCUT2D eigenvalue weighted by atomic mass is 16.5. The van der Waals surface area contributed by atoms with E-state index in [1.54, 1.807) is 6.08 Å². The van der Waals surface area contributed by atoms with Gasteiger partial charge in [0.05, 0.1) is 0 Å². The predicted molar refractivity (Wildman–Crippen MR) is 76.5 cm³/mol. The van der Waals surface area contributed by atoms with E-state index in [4.69, 9.17) is 4.74 Å². The number of aryl methyl sites for hydroxylation is 1. The average molecular weight is 252 g/mol. The maximum absolute atomic E-state index is 11.6. The van der Waals surface area contributed by atoms with Crippen LogP contribution in [-0.4, -0.2) is 5.97 Å². The van der Waals surface area contributed by atoms with Crippen molar-refractivity contribution in [3.05, 3.63) is 77.4 Å². The maximum atomic E-state index is 11.6. The van der Waals surface area contributed by atoms with Crippen molar-refractivity contribution in [1.82, 2.24) is 0 Å². The minimum Gasteiger partial charge on any atom is -0.458 e. The molecule has 0 spiro atoms. The fraction of sp³-hybridized carbons (Fsp3) is 0.118. The van der Waals surface area contributed by atoms with Crippen molar-refractivity contribution < 1.29 is 9.53 Å². The number of rotatable bonds is 4. The van der Waals surface area contributed by atoms with Crippen molar-refractivity contribution >= 4 is 12.0 Å². The minimum absolute atomic E-state index is 0.310. The highest BCUT2D eigenvalue weighted by Crippen LogP contribution is 2.08. The normalized spacial score (nSPS) is 10.6. The molecule has 0 unspecified atom stereocenters. The first-order chi connectivity index (χ1) is 9.25. The number of hydrogen-bond donors (Lipinski definition) is 0. The summed E-state index contributed by atoms with van der Waals surface area (Å²) in [6.45, 7) is 2.31. The monoisotopic (exact) mass is 252 g/mol. The van der Waals surface area contributed by atoms with Crippen molar-refractivity contribution in [2.45, 2.75) is 13.5 Å². The smallest absolute Gasteiger partial charge is 0.331 e. The van der Waals surface area contributed by atoms with Crippen LogP contribution in [0.15, 0.2) is 60.7 Å². The van der Waals surface area contributed by atoms with Gasteiger partial charge in [-0.05, 0) is 29.7 Å². The van der Waals surface area contributed by atoms with Crippen LogP contribution in [0.5, 0.6) is 0 Å². The highest BCUT2D eigenvalue weighted by Gasteiger charge is 2.00. The zero-order chi connectivity index (χ0) is 13.5. The van der Waals surface area contributed by atoms with Gasteiger partial charge in [0, 0.05) is 6.08 Å². The molecule has 0 fully saturated rings. The molecule has 2 rings (SSSR count). The molecule has 2 aromatic carbocycles. The summed E-state index contributed by atoms with van der Waals surface area (Å²) in [4.78, 5) is 11.6. The first-order valence-corrected chi connectivity index (χ1v) is 6.20. The van der Waals surface area contributed by atoms with Gasteiger partial charge in [0.1, 0.15) is 6.61 Å². The molecule has 0 amide bonds. The molecular weight excluding hydrogens is 236 g/mol. The van der Waals surface area contributed by atoms with E-state index in [-0.39, 0.29) is 5.97 Å². The molecule has 0 N–H and O–H groups in total. The number of carbonyl (C=O) groups excluding carboxylic acids is 1. The third kappa shape index (κ3) is 4.11. The molecule has 0 aliphatic heterocycles. The molecule has 96 valence electrons. The second-order valence-corrected chi connectivity index (χ2v) is 4.28. The number of esters is 1. The molecule has 0 aromatic heterocycles. The topological polar surface area (TPSA) is 26.3 Å². The van der Waals surface area contributed by atoms with Crippen molar-refractivity contribution in [2.24, 2.45) is 0 Å². The van der Waals surface area contributed by atoms with E-state index in [2.05, 4.69) is 0 Å². The van der Waals surface area contributed by atoms with Gasteiger partial charge in [-0.15, -0.1) is 0 Å². The molecule has 0 atom stereocenters. The molecule has 2 heteroatoms. The Balaban J connectivity index is 1.89. The predicted octanol–water partition coefficient (Wildman–Crippen LogP) is 3.75. The van der Waals surface area contributed by atoms with Crippen molar-refractivity contribution in [3.8, 4) is 0 Å². The van der Waals surface area contributed by atoms with Crippen LogP contribution >= 0.6 is 0 Å². The molecule has 19 heavy (non-hydrogen) atoms. The lowest BCUT2D eigenvalue weighted by atomic mass is 10.1. The Morgan fingerprint density at radius 2 is 1.74 bits per heavy atom. The zero-order valence-electron chi connectivity index (χ0n) is 10.9. The maximum Gasteiger partial charge on any atom is 0.331 e. The second-order valence-electron chi connectivity index (χ2n) is 4.28. The molecule has 0 aliphatic rings. The second kappa shape index (κ2) is 6.55. The van der Waals surface area contributed by atoms with E-state index in [1.807, 2.05) is 61.5 Å². The quantitative estimate of drug-likeness (QED) is 0.612. The van der Waals surface area contributed by atoms with Crippen molar-refractivity contribution in [1.29, 1.82) is 0 Å². The van der Waals surface area contributed by atoms with Gasteiger partial charge in [-0.1, -0.05) is 54.6 Å². The molecule has 0 bridgehead atoms. The van der Waals surface area contributed by atoms with Crippen molar-refractivity contribution in [2.75, 3.05) is 0 Å². The van der Waals surface area contributed by atoms with E-state index in [0.717, 1.165) is 16.7 Å². The molecule has 0 aliphatic carbocycles. The van der Waals surface area contributed by atoms with Crippen LogP contribution < -0.4 is 0 Å². The number of ether oxygens (including phenoxy) is 1. The Hall–Kier alpha value is -2.35. The Labute approximate surface area is 113 Å². The van der Waals surface area contributed by atoms with Gasteiger partial charge >= 0.3 is 5.97 Å². The third-order valence-electron chi connectivity index (χ3n) is 2.84. The molecule has 0 heterocycles. The first kappa shape index (κ1) is 13.1. The Morgan fingerprint density at radius 3 is 2.47 bits per heavy atom. The summed E-state index contributed by atoms with van der Waals surface area (Å²) < 4.78 is 5.20. The van der Waals surface area contributed by atoms with Crippen molar-refractivity contribution in [3.63, 3.8) is 0 Å². The Morgan fingerprint density at radius 1 is 1.05 bits per heavy atom. The lowest BCUT2D eigenvalue weighted by molar-refractivity contribution is -0.138. The van der Waals surface area contributed by atoms with Crippen LogP contribution in [0.25, 0.3) is 6.08 Å². The van der Waals surface area contributed by atoms with E-state index in [9.17, 15) is 4.79 Å². The summed E-state index contributed by atoms with van der Waals surface area (Å²) in [5.74, 6) is -0.327. The van der Waals surface area contributed by atoms with Crippen LogP contribution in [0.3, 0.4) is 0 Å². The van der Waals surface area contributed by atoms with E-state index in [0.29, 0.717) is 6.61 Å². The van der Waals surface area contributed by atoms with Crippen LogP contribution in [0, 0.1) is 6.92 Å². The summed E-state index contributed by atoms with van der Waals surface area (Å²) in [6.07, 6.45) is 3.20. The van der Waals surface area contributed by atoms with Gasteiger partial charge in [0.2, 0.25) is 0 Å². The number of hydrogen-bond acceptors (Lipinski definition) is 2. The minimum atomic E-state index is -0.327. The fourth-order valence-corrected chi connectivity index (χ4v) is 1.70. The lowest BCUT2D eigenvalue weighted by Gasteiger charge is -2.05. The summed E-state index contributed by atoms with van der Waals surface area (Å²) in [7, 11) is 0. The largest absolute Gasteiger partial charge is 0.458 e.